The number of methoxy groups -OCH3 is 1. The molecule has 174 valence electrons. The normalized spacial score (nSPS) is 20.9. The summed E-state index contributed by atoms with van der Waals surface area (Å²) in [5.41, 5.74) is 1.20. The molecule has 1 atom stereocenters. The van der Waals surface area contributed by atoms with Crippen LogP contribution in [0.25, 0.3) is 5.76 Å². The Bertz CT molecular complexity index is 1050. The van der Waals surface area contributed by atoms with E-state index in [0.717, 1.165) is 25.2 Å². The minimum Gasteiger partial charge on any atom is -0.507 e. The van der Waals surface area contributed by atoms with Crippen LogP contribution in [0.2, 0.25) is 5.02 Å². The minimum absolute atomic E-state index is 0.0712. The highest BCUT2D eigenvalue weighted by Gasteiger charge is 2.45. The number of hydrogen-bond acceptors (Lipinski definition) is 6. The average Bonchev–Trinajstić information content (AvgIpc) is 3.10. The number of ketones is 1. The topological polar surface area (TPSA) is 79.3 Å². The molecular formula is C25H27ClN2O5. The molecule has 33 heavy (non-hydrogen) atoms. The monoisotopic (exact) mass is 470 g/mol. The number of likely N-dealkylation sites (tertiary alicyclic amines) is 1. The van der Waals surface area contributed by atoms with Gasteiger partial charge in [0.1, 0.15) is 11.5 Å². The number of nitrogens with zero attached hydrogens (tertiary/aromatic N) is 2. The van der Waals surface area contributed by atoms with E-state index in [0.29, 0.717) is 42.5 Å². The summed E-state index contributed by atoms with van der Waals surface area (Å²) in [5, 5.41) is 11.7. The molecule has 1 N–H and O–H groups in total. The molecule has 0 aliphatic carbocycles. The summed E-state index contributed by atoms with van der Waals surface area (Å²) in [6, 6.07) is 13.1. The molecule has 4 rings (SSSR count). The molecule has 2 saturated heterocycles. The Hall–Kier alpha value is -2.87. The Morgan fingerprint density at radius 1 is 1.12 bits per heavy atom. The van der Waals surface area contributed by atoms with Crippen molar-refractivity contribution < 1.29 is 24.2 Å². The molecule has 2 aromatic carbocycles. The predicted octanol–water partition coefficient (Wildman–Crippen LogP) is 3.49. The van der Waals surface area contributed by atoms with Gasteiger partial charge in [-0.25, -0.2) is 0 Å². The minimum atomic E-state index is -0.696. The maximum Gasteiger partial charge on any atom is 0.295 e. The molecule has 2 fully saturated rings. The number of morpholine rings is 1. The predicted molar refractivity (Wildman–Crippen MR) is 125 cm³/mol. The van der Waals surface area contributed by atoms with Crippen molar-refractivity contribution in [1.29, 1.82) is 0 Å². The smallest absolute Gasteiger partial charge is 0.295 e. The van der Waals surface area contributed by atoms with Crippen LogP contribution in [-0.4, -0.2) is 73.1 Å². The van der Waals surface area contributed by atoms with Gasteiger partial charge in [0, 0.05) is 36.8 Å². The molecule has 0 bridgehead atoms. The fourth-order valence-electron chi connectivity index (χ4n) is 4.32. The van der Waals surface area contributed by atoms with E-state index in [2.05, 4.69) is 4.90 Å². The molecule has 2 aliphatic heterocycles. The number of aliphatic hydroxyl groups excluding tert-OH is 1. The first-order chi connectivity index (χ1) is 16.0. The second kappa shape index (κ2) is 10.4. The van der Waals surface area contributed by atoms with Crippen molar-refractivity contribution in [2.45, 2.75) is 12.5 Å². The maximum absolute atomic E-state index is 13.1. The van der Waals surface area contributed by atoms with Gasteiger partial charge in [0.25, 0.3) is 11.7 Å². The van der Waals surface area contributed by atoms with Gasteiger partial charge in [-0.3, -0.25) is 14.5 Å². The van der Waals surface area contributed by atoms with Crippen molar-refractivity contribution in [3.8, 4) is 5.75 Å². The molecule has 0 radical (unpaired) electrons. The van der Waals surface area contributed by atoms with Crippen LogP contribution in [0.5, 0.6) is 5.75 Å². The molecular weight excluding hydrogens is 444 g/mol. The Morgan fingerprint density at radius 2 is 1.85 bits per heavy atom. The van der Waals surface area contributed by atoms with Gasteiger partial charge in [0.15, 0.2) is 0 Å². The number of amides is 1. The summed E-state index contributed by atoms with van der Waals surface area (Å²) in [5.74, 6) is -0.979. The standard InChI is InChI=1S/C25H27ClN2O5/c1-32-20-5-2-4-18(16-20)23(29)21-22(17-6-8-19(26)9-7-17)28(25(31)24(21)30)11-3-10-27-12-14-33-15-13-27/h2,4-9,16,22,29H,3,10-15H2,1H3. The van der Waals surface area contributed by atoms with Crippen LogP contribution in [0.4, 0.5) is 0 Å². The third-order valence-corrected chi connectivity index (χ3v) is 6.30. The second-order valence-electron chi connectivity index (χ2n) is 8.08. The summed E-state index contributed by atoms with van der Waals surface area (Å²) in [7, 11) is 1.53. The first-order valence-electron chi connectivity index (χ1n) is 11.0. The van der Waals surface area contributed by atoms with Crippen LogP contribution in [-0.2, 0) is 14.3 Å². The van der Waals surface area contributed by atoms with Crippen molar-refractivity contribution in [3.63, 3.8) is 0 Å². The molecule has 0 aromatic heterocycles. The van der Waals surface area contributed by atoms with Gasteiger partial charge in [-0.1, -0.05) is 35.9 Å². The molecule has 8 heteroatoms. The Kier molecular flexibility index (Phi) is 7.33. The number of rotatable bonds is 7. The lowest BCUT2D eigenvalue weighted by Gasteiger charge is -2.29. The summed E-state index contributed by atoms with van der Waals surface area (Å²) >= 11 is 6.07. The lowest BCUT2D eigenvalue weighted by atomic mass is 9.95. The molecule has 2 aromatic rings. The van der Waals surface area contributed by atoms with Crippen LogP contribution in [0.1, 0.15) is 23.6 Å². The average molecular weight is 471 g/mol. The number of aliphatic hydroxyl groups is 1. The molecule has 0 spiro atoms. The highest BCUT2D eigenvalue weighted by molar-refractivity contribution is 6.46. The lowest BCUT2D eigenvalue weighted by molar-refractivity contribution is -0.140. The van der Waals surface area contributed by atoms with Crippen LogP contribution >= 0.6 is 11.6 Å². The van der Waals surface area contributed by atoms with Gasteiger partial charge >= 0.3 is 0 Å². The quantitative estimate of drug-likeness (QED) is 0.379. The molecule has 7 nitrogen and oxygen atoms in total. The van der Waals surface area contributed by atoms with Crippen LogP contribution in [0.15, 0.2) is 54.1 Å². The first kappa shape index (κ1) is 23.3. The van der Waals surface area contributed by atoms with Gasteiger partial charge in [0.2, 0.25) is 0 Å². The van der Waals surface area contributed by atoms with Gasteiger partial charge in [-0.15, -0.1) is 0 Å². The maximum atomic E-state index is 13.1. The Balaban J connectivity index is 1.67. The van der Waals surface area contributed by atoms with Crippen molar-refractivity contribution in [3.05, 3.63) is 70.3 Å². The van der Waals surface area contributed by atoms with E-state index in [-0.39, 0.29) is 11.3 Å². The number of benzene rings is 2. The fourth-order valence-corrected chi connectivity index (χ4v) is 4.44. The van der Waals surface area contributed by atoms with Crippen LogP contribution in [0.3, 0.4) is 0 Å². The molecule has 0 saturated carbocycles. The van der Waals surface area contributed by atoms with E-state index in [1.807, 2.05) is 0 Å². The number of ether oxygens (including phenoxy) is 2. The first-order valence-corrected chi connectivity index (χ1v) is 11.4. The van der Waals surface area contributed by atoms with Gasteiger partial charge in [-0.05, 0) is 36.2 Å². The highest BCUT2D eigenvalue weighted by Crippen LogP contribution is 2.40. The second-order valence-corrected chi connectivity index (χ2v) is 8.52. The van der Waals surface area contributed by atoms with Crippen LogP contribution in [0, 0.1) is 0 Å². The third kappa shape index (κ3) is 5.05. The Morgan fingerprint density at radius 3 is 2.55 bits per heavy atom. The number of Topliss-reactive ketones (excluding diaryl/α,β-unsaturated/α-hetero) is 1. The fraction of sp³-hybridized carbons (Fsp3) is 0.360. The molecule has 1 unspecified atom stereocenters. The van der Waals surface area contributed by atoms with E-state index >= 15 is 0 Å². The summed E-state index contributed by atoms with van der Waals surface area (Å²) in [6.07, 6.45) is 0.705. The van der Waals surface area contributed by atoms with Crippen molar-refractivity contribution in [1.82, 2.24) is 9.80 Å². The SMILES string of the molecule is COc1cccc(C(O)=C2C(=O)C(=O)N(CCCN3CCOCC3)C2c2ccc(Cl)cc2)c1. The zero-order valence-corrected chi connectivity index (χ0v) is 19.3. The van der Waals surface area contributed by atoms with E-state index in [1.165, 1.54) is 7.11 Å². The summed E-state index contributed by atoms with van der Waals surface area (Å²) < 4.78 is 10.6. The number of carbonyl (C=O) groups is 2. The zero-order valence-electron chi connectivity index (χ0n) is 18.5. The number of hydrogen-bond donors (Lipinski definition) is 1. The number of carbonyl (C=O) groups excluding carboxylic acids is 2. The summed E-state index contributed by atoms with van der Waals surface area (Å²) in [4.78, 5) is 30.0. The van der Waals surface area contributed by atoms with Gasteiger partial charge < -0.3 is 19.5 Å². The highest BCUT2D eigenvalue weighted by atomic mass is 35.5. The molecule has 1 amide bonds. The van der Waals surface area contributed by atoms with E-state index < -0.39 is 17.7 Å². The van der Waals surface area contributed by atoms with Crippen molar-refractivity contribution in [2.24, 2.45) is 0 Å². The van der Waals surface area contributed by atoms with Gasteiger partial charge in [0.05, 0.1) is 31.9 Å². The Labute approximate surface area is 198 Å². The molecule has 2 heterocycles. The lowest BCUT2D eigenvalue weighted by Crippen LogP contribution is -2.38. The number of halogens is 1. The zero-order chi connectivity index (χ0) is 23.4. The van der Waals surface area contributed by atoms with E-state index in [1.54, 1.807) is 53.4 Å². The van der Waals surface area contributed by atoms with Crippen LogP contribution < -0.4 is 4.74 Å². The van der Waals surface area contributed by atoms with E-state index in [9.17, 15) is 14.7 Å². The molecule has 2 aliphatic rings. The van der Waals surface area contributed by atoms with Gasteiger partial charge in [-0.2, -0.15) is 0 Å². The largest absolute Gasteiger partial charge is 0.507 e. The third-order valence-electron chi connectivity index (χ3n) is 6.05. The van der Waals surface area contributed by atoms with Crippen molar-refractivity contribution >= 4 is 29.1 Å². The van der Waals surface area contributed by atoms with Crippen molar-refractivity contribution in [2.75, 3.05) is 46.5 Å². The van der Waals surface area contributed by atoms with E-state index in [4.69, 9.17) is 21.1 Å². The summed E-state index contributed by atoms with van der Waals surface area (Å²) in [6.45, 7) is 4.32.